The molecule has 1 N–H and O–H groups in total. The molecule has 128 valence electrons. The quantitative estimate of drug-likeness (QED) is 0.787. The Balaban J connectivity index is 2.07. The molecule has 25 heavy (non-hydrogen) atoms. The fourth-order valence-electron chi connectivity index (χ4n) is 2.37. The second-order valence-corrected chi connectivity index (χ2v) is 5.53. The van der Waals surface area contributed by atoms with Gasteiger partial charge >= 0.3 is 5.97 Å². The molecule has 0 spiro atoms. The minimum absolute atomic E-state index is 0.113. The number of hydrogen-bond acceptors (Lipinski definition) is 3. The summed E-state index contributed by atoms with van der Waals surface area (Å²) >= 11 is 0. The molecule has 0 radical (unpaired) electrons. The van der Waals surface area contributed by atoms with Crippen molar-refractivity contribution >= 4 is 11.9 Å². The number of carbonyl (C=O) groups excluding carboxylic acids is 1. The van der Waals surface area contributed by atoms with E-state index >= 15 is 0 Å². The predicted molar refractivity (Wildman–Crippen MR) is 96.0 cm³/mol. The van der Waals surface area contributed by atoms with Crippen molar-refractivity contribution in [3.05, 3.63) is 89.9 Å². The molecule has 2 rings (SSSR count). The summed E-state index contributed by atoms with van der Waals surface area (Å²) in [5.74, 6) is -1.10. The van der Waals surface area contributed by atoms with E-state index in [1.54, 1.807) is 25.3 Å². The monoisotopic (exact) mass is 336 g/mol. The lowest BCUT2D eigenvalue weighted by atomic mass is 10.0. The van der Waals surface area contributed by atoms with E-state index in [0.717, 1.165) is 16.7 Å². The number of carbonyl (C=O) groups is 2. The van der Waals surface area contributed by atoms with Gasteiger partial charge in [0.25, 0.3) is 0 Å². The van der Waals surface area contributed by atoms with Gasteiger partial charge in [0.15, 0.2) is 0 Å². The zero-order chi connectivity index (χ0) is 18.2. The highest BCUT2D eigenvalue weighted by atomic mass is 16.4. The molecular weight excluding hydrogens is 316 g/mol. The summed E-state index contributed by atoms with van der Waals surface area (Å²) in [7, 11) is 0. The van der Waals surface area contributed by atoms with Gasteiger partial charge in [0.05, 0.1) is 12.1 Å². The molecule has 2 aromatic rings. The van der Waals surface area contributed by atoms with Gasteiger partial charge in [-0.05, 0) is 42.2 Å². The largest absolute Gasteiger partial charge is 0.478 e. The third-order valence-electron chi connectivity index (χ3n) is 3.64. The average molecular weight is 336 g/mol. The van der Waals surface area contributed by atoms with Gasteiger partial charge in [-0.25, -0.2) is 4.79 Å². The van der Waals surface area contributed by atoms with Crippen LogP contribution in [-0.4, -0.2) is 26.9 Å². The van der Waals surface area contributed by atoms with E-state index in [-0.39, 0.29) is 11.5 Å². The Morgan fingerprint density at radius 2 is 1.84 bits per heavy atom. The summed E-state index contributed by atoms with van der Waals surface area (Å²) in [6, 6.07) is 9.44. The third-order valence-corrected chi connectivity index (χ3v) is 3.64. The number of carboxylic acid groups (broad SMARTS) is 1. The van der Waals surface area contributed by atoms with Crippen molar-refractivity contribution in [2.45, 2.75) is 19.9 Å². The molecule has 1 heterocycles. The Bertz CT molecular complexity index is 795. The van der Waals surface area contributed by atoms with E-state index in [2.05, 4.69) is 11.6 Å². The standard InChI is InChI=1S/C20H20N2O3/c1-3-5-19(23)22(4-2)14-16-8-6-15(7-9-16)10-17-11-18(20(24)25)13-21-12-17/h3-9,11-13H,2,10,14H2,1H3,(H,24,25)/b5-3-. The molecule has 1 amide bonds. The van der Waals surface area contributed by atoms with Gasteiger partial charge in [0.1, 0.15) is 0 Å². The molecule has 0 unspecified atom stereocenters. The van der Waals surface area contributed by atoms with Crippen molar-refractivity contribution in [1.29, 1.82) is 0 Å². The summed E-state index contributed by atoms with van der Waals surface area (Å²) in [4.78, 5) is 28.4. The van der Waals surface area contributed by atoms with Crippen LogP contribution >= 0.6 is 0 Å². The second kappa shape index (κ2) is 8.59. The molecular formula is C20H20N2O3. The van der Waals surface area contributed by atoms with E-state index in [9.17, 15) is 9.59 Å². The van der Waals surface area contributed by atoms with Crippen LogP contribution in [0.1, 0.15) is 34.0 Å². The third kappa shape index (κ3) is 5.14. The maximum absolute atomic E-state index is 11.9. The summed E-state index contributed by atoms with van der Waals surface area (Å²) in [5, 5.41) is 9.02. The summed E-state index contributed by atoms with van der Waals surface area (Å²) in [6.45, 7) is 5.91. The molecule has 0 bridgehead atoms. The molecule has 0 aliphatic rings. The van der Waals surface area contributed by atoms with Crippen molar-refractivity contribution in [2.75, 3.05) is 0 Å². The predicted octanol–water partition coefficient (Wildman–Crippen LogP) is 3.42. The van der Waals surface area contributed by atoms with Crippen molar-refractivity contribution in [3.63, 3.8) is 0 Å². The lowest BCUT2D eigenvalue weighted by Gasteiger charge is -2.16. The van der Waals surface area contributed by atoms with Crippen LogP contribution in [0.15, 0.2) is 67.7 Å². The van der Waals surface area contributed by atoms with E-state index in [1.807, 2.05) is 24.3 Å². The molecule has 1 aromatic carbocycles. The number of rotatable bonds is 7. The number of allylic oxidation sites excluding steroid dienone is 1. The first-order valence-electron chi connectivity index (χ1n) is 7.84. The average Bonchev–Trinajstić information content (AvgIpc) is 2.61. The van der Waals surface area contributed by atoms with Crippen LogP contribution in [0.3, 0.4) is 0 Å². The highest BCUT2D eigenvalue weighted by molar-refractivity contribution is 5.88. The number of aromatic nitrogens is 1. The van der Waals surface area contributed by atoms with Gasteiger partial charge in [-0.1, -0.05) is 36.9 Å². The van der Waals surface area contributed by atoms with Crippen molar-refractivity contribution in [2.24, 2.45) is 0 Å². The van der Waals surface area contributed by atoms with Gasteiger partial charge in [-0.3, -0.25) is 9.78 Å². The van der Waals surface area contributed by atoms with Gasteiger partial charge in [-0.15, -0.1) is 0 Å². The highest BCUT2D eigenvalue weighted by Gasteiger charge is 2.08. The number of pyridine rings is 1. The number of amides is 1. The Hall–Kier alpha value is -3.21. The zero-order valence-corrected chi connectivity index (χ0v) is 14.1. The molecule has 0 saturated heterocycles. The van der Waals surface area contributed by atoms with Crippen LogP contribution in [0.5, 0.6) is 0 Å². The van der Waals surface area contributed by atoms with Crippen LogP contribution in [-0.2, 0) is 17.8 Å². The van der Waals surface area contributed by atoms with Crippen LogP contribution in [0.2, 0.25) is 0 Å². The fraction of sp³-hybridized carbons (Fsp3) is 0.150. The van der Waals surface area contributed by atoms with E-state index in [0.29, 0.717) is 13.0 Å². The van der Waals surface area contributed by atoms with Crippen LogP contribution in [0, 0.1) is 0 Å². The topological polar surface area (TPSA) is 70.5 Å². The molecule has 0 aliphatic heterocycles. The lowest BCUT2D eigenvalue weighted by molar-refractivity contribution is -0.124. The van der Waals surface area contributed by atoms with Gasteiger partial charge < -0.3 is 10.0 Å². The molecule has 0 atom stereocenters. The lowest BCUT2D eigenvalue weighted by Crippen LogP contribution is -2.22. The number of aromatic carboxylic acids is 1. The zero-order valence-electron chi connectivity index (χ0n) is 14.1. The first-order valence-corrected chi connectivity index (χ1v) is 7.84. The second-order valence-electron chi connectivity index (χ2n) is 5.53. The maximum Gasteiger partial charge on any atom is 0.337 e. The van der Waals surface area contributed by atoms with Gasteiger partial charge in [-0.2, -0.15) is 0 Å². The van der Waals surface area contributed by atoms with Crippen LogP contribution in [0.25, 0.3) is 0 Å². The highest BCUT2D eigenvalue weighted by Crippen LogP contribution is 2.13. The number of carboxylic acids is 1. The summed E-state index contributed by atoms with van der Waals surface area (Å²) in [5.41, 5.74) is 3.04. The fourth-order valence-corrected chi connectivity index (χ4v) is 2.37. The molecule has 1 aromatic heterocycles. The molecule has 5 heteroatoms. The van der Waals surface area contributed by atoms with Crippen LogP contribution < -0.4 is 0 Å². The van der Waals surface area contributed by atoms with Crippen molar-refractivity contribution in [1.82, 2.24) is 9.88 Å². The van der Waals surface area contributed by atoms with E-state index in [4.69, 9.17) is 5.11 Å². The number of nitrogens with zero attached hydrogens (tertiary/aromatic N) is 2. The smallest absolute Gasteiger partial charge is 0.337 e. The maximum atomic E-state index is 11.9. The first kappa shape index (κ1) is 18.1. The summed E-state index contributed by atoms with van der Waals surface area (Å²) < 4.78 is 0. The SMILES string of the molecule is C=CN(Cc1ccc(Cc2cncc(C(=O)O)c2)cc1)C(=O)/C=C\C. The molecule has 5 nitrogen and oxygen atoms in total. The molecule has 0 aliphatic carbocycles. The first-order chi connectivity index (χ1) is 12.0. The Morgan fingerprint density at radius 1 is 1.16 bits per heavy atom. The molecule has 0 saturated carbocycles. The van der Waals surface area contributed by atoms with Gasteiger partial charge in [0, 0.05) is 18.6 Å². The Morgan fingerprint density at radius 3 is 2.44 bits per heavy atom. The number of hydrogen-bond donors (Lipinski definition) is 1. The van der Waals surface area contributed by atoms with Crippen molar-refractivity contribution in [3.8, 4) is 0 Å². The van der Waals surface area contributed by atoms with Crippen molar-refractivity contribution < 1.29 is 14.7 Å². The Kier molecular flexibility index (Phi) is 6.23. The minimum Gasteiger partial charge on any atom is -0.478 e. The minimum atomic E-state index is -0.986. The normalized spacial score (nSPS) is 10.6. The van der Waals surface area contributed by atoms with Crippen LogP contribution in [0.4, 0.5) is 0 Å². The summed E-state index contributed by atoms with van der Waals surface area (Å²) in [6.07, 6.45) is 8.30. The van der Waals surface area contributed by atoms with Gasteiger partial charge in [0.2, 0.25) is 5.91 Å². The van der Waals surface area contributed by atoms with E-state index in [1.165, 1.54) is 23.4 Å². The molecule has 0 fully saturated rings. The number of benzene rings is 1. The Labute approximate surface area is 146 Å². The van der Waals surface area contributed by atoms with E-state index < -0.39 is 5.97 Å².